The highest BCUT2D eigenvalue weighted by Gasteiger charge is 2.36. The number of hydrogen-bond acceptors (Lipinski definition) is 7. The first-order chi connectivity index (χ1) is 11.5. The van der Waals surface area contributed by atoms with Gasteiger partial charge < -0.3 is 14.2 Å². The van der Waals surface area contributed by atoms with Crippen molar-refractivity contribution in [1.82, 2.24) is 9.97 Å². The monoisotopic (exact) mass is 352 g/mol. The van der Waals surface area contributed by atoms with Crippen molar-refractivity contribution in [3.63, 3.8) is 0 Å². The summed E-state index contributed by atoms with van der Waals surface area (Å²) in [6.07, 6.45) is 1.53. The fourth-order valence-electron chi connectivity index (χ4n) is 2.18. The minimum atomic E-state index is -1.36. The molecule has 0 aromatic carbocycles. The molecule has 0 saturated heterocycles. The summed E-state index contributed by atoms with van der Waals surface area (Å²) in [4.78, 5) is 33.0. The van der Waals surface area contributed by atoms with Gasteiger partial charge in [-0.25, -0.2) is 4.98 Å². The van der Waals surface area contributed by atoms with Gasteiger partial charge in [-0.1, -0.05) is 11.6 Å². The van der Waals surface area contributed by atoms with Crippen molar-refractivity contribution in [3.05, 3.63) is 29.0 Å². The van der Waals surface area contributed by atoms with Crippen LogP contribution in [0.3, 0.4) is 0 Å². The molecule has 0 aliphatic rings. The molecule has 0 spiro atoms. The van der Waals surface area contributed by atoms with Gasteiger partial charge in [0.25, 0.3) is 0 Å². The van der Waals surface area contributed by atoms with E-state index >= 15 is 0 Å². The molecule has 7 nitrogen and oxygen atoms in total. The van der Waals surface area contributed by atoms with Crippen LogP contribution in [0, 0.1) is 0 Å². The zero-order chi connectivity index (χ0) is 17.7. The molecule has 24 heavy (non-hydrogen) atoms. The van der Waals surface area contributed by atoms with Crippen LogP contribution in [0.5, 0.6) is 5.75 Å². The van der Waals surface area contributed by atoms with Gasteiger partial charge in [-0.05, 0) is 19.9 Å². The summed E-state index contributed by atoms with van der Waals surface area (Å²) in [5.74, 6) is -2.66. The lowest BCUT2D eigenvalue weighted by molar-refractivity contribution is -0.157. The Morgan fingerprint density at radius 1 is 1.21 bits per heavy atom. The van der Waals surface area contributed by atoms with E-state index in [-0.39, 0.29) is 24.7 Å². The number of halogens is 1. The fourth-order valence-corrected chi connectivity index (χ4v) is 2.37. The number of nitrogens with zero attached hydrogens (tertiary/aromatic N) is 2. The molecule has 0 saturated carbocycles. The summed E-state index contributed by atoms with van der Waals surface area (Å²) in [6, 6.07) is 3.13. The zero-order valence-corrected chi connectivity index (χ0v) is 14.3. The van der Waals surface area contributed by atoms with Crippen molar-refractivity contribution in [2.24, 2.45) is 0 Å². The normalized spacial score (nSPS) is 10.7. The number of pyridine rings is 2. The molecular weight excluding hydrogens is 336 g/mol. The maximum atomic E-state index is 12.3. The van der Waals surface area contributed by atoms with E-state index in [0.29, 0.717) is 16.1 Å². The first kappa shape index (κ1) is 17.9. The van der Waals surface area contributed by atoms with E-state index in [1.54, 1.807) is 26.0 Å². The molecule has 2 aromatic heterocycles. The van der Waals surface area contributed by atoms with E-state index in [4.69, 9.17) is 25.8 Å². The number of aromatic nitrogens is 2. The predicted octanol–water partition coefficient (Wildman–Crippen LogP) is 2.50. The predicted molar refractivity (Wildman–Crippen MR) is 87.1 cm³/mol. The molecule has 0 fully saturated rings. The van der Waals surface area contributed by atoms with E-state index < -0.39 is 17.9 Å². The summed E-state index contributed by atoms with van der Waals surface area (Å²) >= 11 is 6.14. The molecule has 0 N–H and O–H groups in total. The van der Waals surface area contributed by atoms with Crippen LogP contribution in [-0.2, 0) is 19.1 Å². The van der Waals surface area contributed by atoms with E-state index in [9.17, 15) is 9.59 Å². The van der Waals surface area contributed by atoms with Crippen molar-refractivity contribution < 1.29 is 23.8 Å². The summed E-state index contributed by atoms with van der Waals surface area (Å²) in [5, 5.41) is 0.343. The molecule has 0 amide bonds. The Hall–Kier alpha value is -2.41. The standard InChI is InChI=1S/C16H17ClN2O5/c1-4-23-15(20)12(16(21)24-5-2)14-11(22-3)8-10-13(19-14)9(17)6-7-18-10/h6-8,12H,4-5H2,1-3H3. The van der Waals surface area contributed by atoms with Crippen LogP contribution in [0.2, 0.25) is 5.02 Å². The number of hydrogen-bond donors (Lipinski definition) is 0. The summed E-state index contributed by atoms with van der Waals surface area (Å²) in [7, 11) is 1.41. The molecular formula is C16H17ClN2O5. The minimum Gasteiger partial charge on any atom is -0.495 e. The second kappa shape index (κ2) is 7.92. The maximum Gasteiger partial charge on any atom is 0.326 e. The Labute approximate surface area is 143 Å². The highest BCUT2D eigenvalue weighted by atomic mass is 35.5. The van der Waals surface area contributed by atoms with E-state index in [1.807, 2.05) is 0 Å². The van der Waals surface area contributed by atoms with Gasteiger partial charge in [0.2, 0.25) is 0 Å². The highest BCUT2D eigenvalue weighted by molar-refractivity contribution is 6.34. The maximum absolute atomic E-state index is 12.3. The Balaban J connectivity index is 2.64. The van der Waals surface area contributed by atoms with Crippen molar-refractivity contribution in [2.45, 2.75) is 19.8 Å². The Bertz CT molecular complexity index is 747. The number of fused-ring (bicyclic) bond motifs is 1. The number of esters is 2. The zero-order valence-electron chi connectivity index (χ0n) is 13.5. The van der Waals surface area contributed by atoms with E-state index in [2.05, 4.69) is 9.97 Å². The summed E-state index contributed by atoms with van der Waals surface area (Å²) in [6.45, 7) is 3.53. The third kappa shape index (κ3) is 3.56. The van der Waals surface area contributed by atoms with Gasteiger partial charge in [-0.15, -0.1) is 0 Å². The number of ether oxygens (including phenoxy) is 3. The minimum absolute atomic E-state index is 0.0804. The molecule has 0 aliphatic carbocycles. The molecule has 2 rings (SSSR count). The number of methoxy groups -OCH3 is 1. The lowest BCUT2D eigenvalue weighted by Crippen LogP contribution is -2.27. The van der Waals surface area contributed by atoms with Crippen molar-refractivity contribution in [2.75, 3.05) is 20.3 Å². The second-order valence-corrected chi connectivity index (χ2v) is 5.08. The third-order valence-corrected chi connectivity index (χ3v) is 3.50. The topological polar surface area (TPSA) is 87.6 Å². The van der Waals surface area contributed by atoms with Crippen LogP contribution >= 0.6 is 11.6 Å². The Morgan fingerprint density at radius 3 is 2.38 bits per heavy atom. The van der Waals surface area contributed by atoms with Crippen LogP contribution in [-0.4, -0.2) is 42.2 Å². The van der Waals surface area contributed by atoms with Gasteiger partial charge in [0.1, 0.15) is 17.0 Å². The molecule has 0 radical (unpaired) electrons. The van der Waals surface area contributed by atoms with Crippen LogP contribution in [0.15, 0.2) is 18.3 Å². The van der Waals surface area contributed by atoms with Gasteiger partial charge in [-0.2, -0.15) is 0 Å². The highest BCUT2D eigenvalue weighted by Crippen LogP contribution is 2.32. The largest absolute Gasteiger partial charge is 0.495 e. The van der Waals surface area contributed by atoms with Crippen LogP contribution in [0.1, 0.15) is 25.5 Å². The average Bonchev–Trinajstić information content (AvgIpc) is 2.55. The summed E-state index contributed by atoms with van der Waals surface area (Å²) in [5.41, 5.74) is 0.917. The number of rotatable bonds is 6. The first-order valence-electron chi connectivity index (χ1n) is 7.35. The van der Waals surface area contributed by atoms with Gasteiger partial charge in [0, 0.05) is 12.3 Å². The number of carbonyl (C=O) groups excluding carboxylic acids is 2. The Morgan fingerprint density at radius 2 is 1.83 bits per heavy atom. The smallest absolute Gasteiger partial charge is 0.326 e. The van der Waals surface area contributed by atoms with Crippen molar-refractivity contribution in [3.8, 4) is 5.75 Å². The average molecular weight is 353 g/mol. The molecule has 128 valence electrons. The second-order valence-electron chi connectivity index (χ2n) is 4.67. The molecule has 8 heteroatoms. The lowest BCUT2D eigenvalue weighted by atomic mass is 10.0. The van der Waals surface area contributed by atoms with Crippen LogP contribution < -0.4 is 4.74 Å². The van der Waals surface area contributed by atoms with Crippen LogP contribution in [0.25, 0.3) is 11.0 Å². The molecule has 0 atom stereocenters. The van der Waals surface area contributed by atoms with Crippen molar-refractivity contribution >= 4 is 34.6 Å². The van der Waals surface area contributed by atoms with Crippen LogP contribution in [0.4, 0.5) is 0 Å². The lowest BCUT2D eigenvalue weighted by Gasteiger charge is -2.17. The first-order valence-corrected chi connectivity index (χ1v) is 7.73. The molecule has 0 aliphatic heterocycles. The van der Waals surface area contributed by atoms with Gasteiger partial charge in [-0.3, -0.25) is 14.6 Å². The van der Waals surface area contributed by atoms with E-state index in [0.717, 1.165) is 0 Å². The summed E-state index contributed by atoms with van der Waals surface area (Å²) < 4.78 is 15.2. The van der Waals surface area contributed by atoms with Crippen molar-refractivity contribution in [1.29, 1.82) is 0 Å². The molecule has 2 aromatic rings. The number of carbonyl (C=O) groups is 2. The van der Waals surface area contributed by atoms with Gasteiger partial charge in [0.05, 0.1) is 30.9 Å². The van der Waals surface area contributed by atoms with Gasteiger partial charge in [0.15, 0.2) is 5.92 Å². The SMILES string of the molecule is CCOC(=O)C(C(=O)OCC)c1nc2c(Cl)ccnc2cc1OC. The fraction of sp³-hybridized carbons (Fsp3) is 0.375. The molecule has 0 unspecified atom stereocenters. The molecule has 2 heterocycles. The quantitative estimate of drug-likeness (QED) is 0.583. The Kier molecular flexibility index (Phi) is 5.92. The van der Waals surface area contributed by atoms with E-state index in [1.165, 1.54) is 13.3 Å². The van der Waals surface area contributed by atoms with Gasteiger partial charge >= 0.3 is 11.9 Å². The third-order valence-electron chi connectivity index (χ3n) is 3.19. The molecule has 0 bridgehead atoms.